The molecule has 0 saturated heterocycles. The van der Waals surface area contributed by atoms with Crippen LogP contribution in [-0.4, -0.2) is 15.3 Å². The topological polar surface area (TPSA) is 48.9 Å². The summed E-state index contributed by atoms with van der Waals surface area (Å²) in [5, 5.41) is 16.2. The van der Waals surface area contributed by atoms with E-state index in [0.29, 0.717) is 16.6 Å². The van der Waals surface area contributed by atoms with Gasteiger partial charge in [-0.05, 0) is 18.2 Å². The van der Waals surface area contributed by atoms with Crippen molar-refractivity contribution < 1.29 is 9.50 Å². The molecule has 3 nitrogen and oxygen atoms in total. The van der Waals surface area contributed by atoms with Crippen molar-refractivity contribution in [2.75, 3.05) is 0 Å². The van der Waals surface area contributed by atoms with Crippen LogP contribution in [0.1, 0.15) is 5.69 Å². The van der Waals surface area contributed by atoms with Crippen LogP contribution in [0.3, 0.4) is 0 Å². The molecule has 4 heteroatoms. The van der Waals surface area contributed by atoms with Gasteiger partial charge in [0.1, 0.15) is 12.4 Å². The number of fused-ring (bicyclic) bond motifs is 1. The number of aromatic amines is 1. The molecule has 0 saturated carbocycles. The molecule has 1 heterocycles. The normalized spacial score (nSPS) is 10.8. The summed E-state index contributed by atoms with van der Waals surface area (Å²) in [4.78, 5) is 0. The van der Waals surface area contributed by atoms with E-state index in [9.17, 15) is 4.39 Å². The second-order valence-electron chi connectivity index (χ2n) is 2.54. The van der Waals surface area contributed by atoms with Crippen molar-refractivity contribution in [2.45, 2.75) is 6.67 Å². The number of phenols is 1. The zero-order valence-corrected chi connectivity index (χ0v) is 6.21. The second kappa shape index (κ2) is 2.48. The van der Waals surface area contributed by atoms with Crippen LogP contribution < -0.4 is 0 Å². The predicted molar refractivity (Wildman–Crippen MR) is 42.6 cm³/mol. The lowest BCUT2D eigenvalue weighted by atomic mass is 10.2. The van der Waals surface area contributed by atoms with Gasteiger partial charge in [-0.1, -0.05) is 0 Å². The lowest BCUT2D eigenvalue weighted by Crippen LogP contribution is -1.77. The number of aromatic nitrogens is 2. The molecule has 0 atom stereocenters. The summed E-state index contributed by atoms with van der Waals surface area (Å²) < 4.78 is 12.3. The van der Waals surface area contributed by atoms with Crippen LogP contribution in [0.25, 0.3) is 10.9 Å². The van der Waals surface area contributed by atoms with Crippen molar-refractivity contribution in [3.63, 3.8) is 0 Å². The van der Waals surface area contributed by atoms with Gasteiger partial charge in [-0.2, -0.15) is 5.10 Å². The molecule has 2 rings (SSSR count). The average molecular weight is 166 g/mol. The highest BCUT2D eigenvalue weighted by Crippen LogP contribution is 2.21. The Hall–Kier alpha value is -1.58. The van der Waals surface area contributed by atoms with Gasteiger partial charge in [-0.3, -0.25) is 5.10 Å². The van der Waals surface area contributed by atoms with E-state index < -0.39 is 6.67 Å². The maximum absolute atomic E-state index is 12.3. The summed E-state index contributed by atoms with van der Waals surface area (Å²) in [5.41, 5.74) is 1.07. The molecule has 0 bridgehead atoms. The van der Waals surface area contributed by atoms with E-state index in [1.807, 2.05) is 0 Å². The predicted octanol–water partition coefficient (Wildman–Crippen LogP) is 1.74. The van der Waals surface area contributed by atoms with E-state index in [2.05, 4.69) is 10.2 Å². The minimum Gasteiger partial charge on any atom is -0.508 e. The molecular weight excluding hydrogens is 159 g/mol. The number of hydrogen-bond donors (Lipinski definition) is 2. The van der Waals surface area contributed by atoms with Gasteiger partial charge in [0.15, 0.2) is 0 Å². The fraction of sp³-hybridized carbons (Fsp3) is 0.125. The molecule has 0 fully saturated rings. The zero-order chi connectivity index (χ0) is 8.55. The summed E-state index contributed by atoms with van der Waals surface area (Å²) >= 11 is 0. The number of phenolic OH excluding ortho intramolecular Hbond substituents is 1. The first-order valence-electron chi connectivity index (χ1n) is 3.53. The maximum Gasteiger partial charge on any atom is 0.131 e. The number of nitrogens with zero attached hydrogens (tertiary/aromatic N) is 1. The summed E-state index contributed by atoms with van der Waals surface area (Å²) in [6.45, 7) is -0.597. The lowest BCUT2D eigenvalue weighted by molar-refractivity contribution is 0.473. The largest absolute Gasteiger partial charge is 0.508 e. The second-order valence-corrected chi connectivity index (χ2v) is 2.54. The van der Waals surface area contributed by atoms with Gasteiger partial charge in [-0.25, -0.2) is 4.39 Å². The Balaban J connectivity index is 2.75. The van der Waals surface area contributed by atoms with Gasteiger partial charge >= 0.3 is 0 Å². The van der Waals surface area contributed by atoms with Gasteiger partial charge in [0.2, 0.25) is 0 Å². The van der Waals surface area contributed by atoms with Crippen LogP contribution in [0, 0.1) is 0 Å². The average Bonchev–Trinajstić information content (AvgIpc) is 2.46. The van der Waals surface area contributed by atoms with Gasteiger partial charge in [0.05, 0.1) is 11.2 Å². The summed E-state index contributed by atoms with van der Waals surface area (Å²) in [6, 6.07) is 4.65. The maximum atomic E-state index is 12.3. The highest BCUT2D eigenvalue weighted by atomic mass is 19.1. The first-order chi connectivity index (χ1) is 5.81. The summed E-state index contributed by atoms with van der Waals surface area (Å²) in [6.07, 6.45) is 0. The van der Waals surface area contributed by atoms with E-state index in [0.717, 1.165) is 0 Å². The van der Waals surface area contributed by atoms with E-state index in [-0.39, 0.29) is 5.75 Å². The number of alkyl halides is 1. The van der Waals surface area contributed by atoms with Crippen molar-refractivity contribution in [3.05, 3.63) is 23.9 Å². The Morgan fingerprint density at radius 1 is 1.50 bits per heavy atom. The number of hydrogen-bond acceptors (Lipinski definition) is 2. The number of nitrogens with one attached hydrogen (secondary N) is 1. The molecule has 1 aromatic carbocycles. The number of benzene rings is 1. The standard InChI is InChI=1S/C8H7FN2O/c9-4-8-6-3-5(12)1-2-7(6)10-11-8/h1-3,12H,4H2,(H,10,11). The van der Waals surface area contributed by atoms with E-state index in [1.165, 1.54) is 12.1 Å². The summed E-state index contributed by atoms with van der Waals surface area (Å²) in [7, 11) is 0. The van der Waals surface area contributed by atoms with Crippen LogP contribution >= 0.6 is 0 Å². The van der Waals surface area contributed by atoms with E-state index in [4.69, 9.17) is 5.11 Å². The van der Waals surface area contributed by atoms with Crippen molar-refractivity contribution >= 4 is 10.9 Å². The van der Waals surface area contributed by atoms with Crippen molar-refractivity contribution in [3.8, 4) is 5.75 Å². The molecule has 0 unspecified atom stereocenters. The molecule has 0 amide bonds. The minimum atomic E-state index is -0.597. The monoisotopic (exact) mass is 166 g/mol. The van der Waals surface area contributed by atoms with Crippen LogP contribution in [0.4, 0.5) is 4.39 Å². The third-order valence-electron chi connectivity index (χ3n) is 1.75. The molecule has 12 heavy (non-hydrogen) atoms. The molecule has 2 aromatic rings. The molecule has 0 aliphatic rings. The third-order valence-corrected chi connectivity index (χ3v) is 1.75. The first kappa shape index (κ1) is 7.09. The van der Waals surface area contributed by atoms with Crippen molar-refractivity contribution in [1.29, 1.82) is 0 Å². The lowest BCUT2D eigenvalue weighted by Gasteiger charge is -1.91. The van der Waals surface area contributed by atoms with Gasteiger partial charge < -0.3 is 5.11 Å². The Labute approximate surface area is 67.8 Å². The third kappa shape index (κ3) is 0.922. The van der Waals surface area contributed by atoms with Crippen LogP contribution in [0.5, 0.6) is 5.75 Å². The molecule has 0 aliphatic carbocycles. The number of H-pyrrole nitrogens is 1. The smallest absolute Gasteiger partial charge is 0.131 e. The Bertz CT molecular complexity index is 410. The number of aromatic hydroxyl groups is 1. The Morgan fingerprint density at radius 3 is 3.08 bits per heavy atom. The van der Waals surface area contributed by atoms with Gasteiger partial charge in [0.25, 0.3) is 0 Å². The van der Waals surface area contributed by atoms with Gasteiger partial charge in [-0.15, -0.1) is 0 Å². The fourth-order valence-corrected chi connectivity index (χ4v) is 1.15. The molecule has 1 aromatic heterocycles. The van der Waals surface area contributed by atoms with Gasteiger partial charge in [0, 0.05) is 5.39 Å². The molecule has 0 radical (unpaired) electrons. The Morgan fingerprint density at radius 2 is 2.33 bits per heavy atom. The molecule has 0 spiro atoms. The molecule has 2 N–H and O–H groups in total. The van der Waals surface area contributed by atoms with Crippen molar-refractivity contribution in [1.82, 2.24) is 10.2 Å². The van der Waals surface area contributed by atoms with Crippen LogP contribution in [-0.2, 0) is 6.67 Å². The molecular formula is C8H7FN2O. The summed E-state index contributed by atoms with van der Waals surface area (Å²) in [5.74, 6) is 0.124. The zero-order valence-electron chi connectivity index (χ0n) is 6.21. The Kier molecular flexibility index (Phi) is 1.46. The van der Waals surface area contributed by atoms with E-state index >= 15 is 0 Å². The molecule has 0 aliphatic heterocycles. The van der Waals surface area contributed by atoms with E-state index in [1.54, 1.807) is 6.07 Å². The number of halogens is 1. The quantitative estimate of drug-likeness (QED) is 0.677. The van der Waals surface area contributed by atoms with Crippen LogP contribution in [0.15, 0.2) is 18.2 Å². The SMILES string of the molecule is Oc1ccc2n[nH]c(CF)c2c1. The highest BCUT2D eigenvalue weighted by Gasteiger charge is 2.04. The fourth-order valence-electron chi connectivity index (χ4n) is 1.15. The highest BCUT2D eigenvalue weighted by molar-refractivity contribution is 5.82. The van der Waals surface area contributed by atoms with Crippen molar-refractivity contribution in [2.24, 2.45) is 0 Å². The number of rotatable bonds is 1. The van der Waals surface area contributed by atoms with Crippen LogP contribution in [0.2, 0.25) is 0 Å². The minimum absolute atomic E-state index is 0.124. The first-order valence-corrected chi connectivity index (χ1v) is 3.53. The molecule has 62 valence electrons.